The van der Waals surface area contributed by atoms with Crippen LogP contribution in [0.5, 0.6) is 0 Å². The van der Waals surface area contributed by atoms with Crippen LogP contribution in [0.2, 0.25) is 0 Å². The monoisotopic (exact) mass is 222 g/mol. The number of hydrogen-bond acceptors (Lipinski definition) is 3. The number of benzene rings is 1. The lowest BCUT2D eigenvalue weighted by Gasteiger charge is -2.20. The van der Waals surface area contributed by atoms with Gasteiger partial charge in [-0.25, -0.2) is 0 Å². The lowest BCUT2D eigenvalue weighted by molar-refractivity contribution is -0.125. The number of amides is 1. The Bertz CT molecular complexity index is 349. The molecule has 0 radical (unpaired) electrons. The van der Waals surface area contributed by atoms with Crippen molar-refractivity contribution in [3.8, 4) is 0 Å². The summed E-state index contributed by atoms with van der Waals surface area (Å²) in [7, 11) is 1.63. The number of carbonyl (C=O) groups excluding carboxylic acids is 1. The maximum absolute atomic E-state index is 11.6. The highest BCUT2D eigenvalue weighted by Gasteiger charge is 2.18. The van der Waals surface area contributed by atoms with E-state index in [1.54, 1.807) is 7.05 Å². The van der Waals surface area contributed by atoms with Gasteiger partial charge in [-0.3, -0.25) is 4.79 Å². The Hall–Kier alpha value is -1.39. The van der Waals surface area contributed by atoms with Crippen molar-refractivity contribution in [3.05, 3.63) is 29.8 Å². The van der Waals surface area contributed by atoms with E-state index in [9.17, 15) is 9.90 Å². The standard InChI is InChI=1S/C12H18N2O2/c1-3-9-4-6-10(7-5-9)14(2)12(16)11(15)8-13/h4-7,11,15H,3,8,13H2,1-2H3. The zero-order valence-electron chi connectivity index (χ0n) is 9.68. The van der Waals surface area contributed by atoms with Crippen molar-refractivity contribution >= 4 is 11.6 Å². The van der Waals surface area contributed by atoms with Crippen LogP contribution in [0.3, 0.4) is 0 Å². The highest BCUT2D eigenvalue weighted by atomic mass is 16.3. The Morgan fingerprint density at radius 3 is 2.44 bits per heavy atom. The zero-order valence-corrected chi connectivity index (χ0v) is 9.68. The third-order valence-corrected chi connectivity index (χ3v) is 2.57. The first-order valence-electron chi connectivity index (χ1n) is 5.34. The Labute approximate surface area is 95.7 Å². The van der Waals surface area contributed by atoms with Crippen LogP contribution >= 0.6 is 0 Å². The first kappa shape index (κ1) is 12.7. The molecule has 0 saturated heterocycles. The number of anilines is 1. The molecule has 1 rings (SSSR count). The summed E-state index contributed by atoms with van der Waals surface area (Å²) in [5, 5.41) is 9.34. The fourth-order valence-electron chi connectivity index (χ4n) is 1.41. The van der Waals surface area contributed by atoms with Crippen molar-refractivity contribution in [2.45, 2.75) is 19.4 Å². The van der Waals surface area contributed by atoms with Crippen LogP contribution in [-0.4, -0.2) is 30.7 Å². The van der Waals surface area contributed by atoms with Gasteiger partial charge in [-0.2, -0.15) is 0 Å². The molecular weight excluding hydrogens is 204 g/mol. The summed E-state index contributed by atoms with van der Waals surface area (Å²) in [5.74, 6) is -0.383. The van der Waals surface area contributed by atoms with Crippen molar-refractivity contribution in [3.63, 3.8) is 0 Å². The van der Waals surface area contributed by atoms with Crippen molar-refractivity contribution < 1.29 is 9.90 Å². The summed E-state index contributed by atoms with van der Waals surface area (Å²) in [4.78, 5) is 13.0. The van der Waals surface area contributed by atoms with Crippen LogP contribution in [0, 0.1) is 0 Å². The molecule has 0 heterocycles. The fraction of sp³-hybridized carbons (Fsp3) is 0.417. The van der Waals surface area contributed by atoms with Crippen molar-refractivity contribution in [1.82, 2.24) is 0 Å². The molecule has 4 nitrogen and oxygen atoms in total. The average Bonchev–Trinajstić information content (AvgIpc) is 2.36. The second-order valence-corrected chi connectivity index (χ2v) is 3.67. The molecule has 0 aliphatic carbocycles. The van der Waals surface area contributed by atoms with Crippen LogP contribution < -0.4 is 10.6 Å². The van der Waals surface area contributed by atoms with E-state index in [0.717, 1.165) is 12.1 Å². The Balaban J connectivity index is 2.79. The summed E-state index contributed by atoms with van der Waals surface area (Å²) >= 11 is 0. The second-order valence-electron chi connectivity index (χ2n) is 3.67. The third kappa shape index (κ3) is 2.81. The van der Waals surface area contributed by atoms with Crippen molar-refractivity contribution in [2.75, 3.05) is 18.5 Å². The SMILES string of the molecule is CCc1ccc(N(C)C(=O)C(O)CN)cc1. The minimum Gasteiger partial charge on any atom is -0.382 e. The minimum atomic E-state index is -1.13. The van der Waals surface area contributed by atoms with E-state index in [-0.39, 0.29) is 12.5 Å². The van der Waals surface area contributed by atoms with Crippen LogP contribution in [0.25, 0.3) is 0 Å². The van der Waals surface area contributed by atoms with Crippen molar-refractivity contribution in [2.24, 2.45) is 5.73 Å². The molecule has 3 N–H and O–H groups in total. The number of aliphatic hydroxyl groups is 1. The van der Waals surface area contributed by atoms with Gasteiger partial charge in [-0.1, -0.05) is 19.1 Å². The van der Waals surface area contributed by atoms with Crippen molar-refractivity contribution in [1.29, 1.82) is 0 Å². The quantitative estimate of drug-likeness (QED) is 0.781. The molecule has 1 aromatic rings. The molecule has 0 aliphatic heterocycles. The maximum atomic E-state index is 11.6. The van der Waals surface area contributed by atoms with Crippen LogP contribution in [-0.2, 0) is 11.2 Å². The first-order valence-corrected chi connectivity index (χ1v) is 5.34. The van der Waals surface area contributed by atoms with Gasteiger partial charge in [0.2, 0.25) is 0 Å². The molecule has 0 bridgehead atoms. The molecule has 0 saturated carbocycles. The minimum absolute atomic E-state index is 0.0593. The summed E-state index contributed by atoms with van der Waals surface area (Å²) < 4.78 is 0. The Morgan fingerprint density at radius 1 is 1.44 bits per heavy atom. The van der Waals surface area contributed by atoms with Crippen LogP contribution in [0.15, 0.2) is 24.3 Å². The number of hydrogen-bond donors (Lipinski definition) is 2. The normalized spacial score (nSPS) is 12.2. The second kappa shape index (κ2) is 5.63. The average molecular weight is 222 g/mol. The maximum Gasteiger partial charge on any atom is 0.256 e. The van der Waals surface area contributed by atoms with E-state index in [4.69, 9.17) is 5.73 Å². The third-order valence-electron chi connectivity index (χ3n) is 2.57. The molecule has 88 valence electrons. The van der Waals surface area contributed by atoms with Gasteiger partial charge in [0.05, 0.1) is 0 Å². The molecule has 0 spiro atoms. The number of nitrogens with zero attached hydrogens (tertiary/aromatic N) is 1. The number of aryl methyl sites for hydroxylation is 1. The zero-order chi connectivity index (χ0) is 12.1. The highest BCUT2D eigenvalue weighted by molar-refractivity contribution is 5.96. The molecular formula is C12H18N2O2. The molecule has 0 fully saturated rings. The summed E-state index contributed by atoms with van der Waals surface area (Å²) in [6.45, 7) is 2.01. The van der Waals surface area contributed by atoms with Crippen LogP contribution in [0.4, 0.5) is 5.69 Å². The van der Waals surface area contributed by atoms with Gasteiger partial charge >= 0.3 is 0 Å². The van der Waals surface area contributed by atoms with E-state index in [1.165, 1.54) is 10.5 Å². The molecule has 4 heteroatoms. The summed E-state index contributed by atoms with van der Waals surface area (Å²) in [6, 6.07) is 7.65. The molecule has 0 aromatic heterocycles. The fourth-order valence-corrected chi connectivity index (χ4v) is 1.41. The lowest BCUT2D eigenvalue weighted by Crippen LogP contribution is -2.40. The molecule has 0 aliphatic rings. The molecule has 1 aromatic carbocycles. The van der Waals surface area contributed by atoms with E-state index in [0.29, 0.717) is 0 Å². The van der Waals surface area contributed by atoms with E-state index in [2.05, 4.69) is 6.92 Å². The molecule has 16 heavy (non-hydrogen) atoms. The Morgan fingerprint density at radius 2 is 2.00 bits per heavy atom. The number of aliphatic hydroxyl groups excluding tert-OH is 1. The predicted octanol–water partition coefficient (Wildman–Crippen LogP) is 0.531. The number of nitrogens with two attached hydrogens (primary N) is 1. The number of carbonyl (C=O) groups is 1. The number of likely N-dealkylation sites (N-methyl/N-ethyl adjacent to an activating group) is 1. The smallest absolute Gasteiger partial charge is 0.256 e. The highest BCUT2D eigenvalue weighted by Crippen LogP contribution is 2.14. The van der Waals surface area contributed by atoms with E-state index < -0.39 is 6.10 Å². The van der Waals surface area contributed by atoms with Gasteiger partial charge in [0.1, 0.15) is 6.10 Å². The predicted molar refractivity (Wildman–Crippen MR) is 64.3 cm³/mol. The van der Waals surface area contributed by atoms with E-state index >= 15 is 0 Å². The largest absolute Gasteiger partial charge is 0.382 e. The van der Waals surface area contributed by atoms with Gasteiger partial charge < -0.3 is 15.7 Å². The van der Waals surface area contributed by atoms with Gasteiger partial charge in [0, 0.05) is 19.3 Å². The van der Waals surface area contributed by atoms with Gasteiger partial charge in [-0.05, 0) is 24.1 Å². The van der Waals surface area contributed by atoms with E-state index in [1.807, 2.05) is 24.3 Å². The number of rotatable bonds is 4. The molecule has 1 amide bonds. The van der Waals surface area contributed by atoms with Gasteiger partial charge in [0.25, 0.3) is 5.91 Å². The van der Waals surface area contributed by atoms with Gasteiger partial charge in [0.15, 0.2) is 0 Å². The lowest BCUT2D eigenvalue weighted by atomic mass is 10.1. The first-order chi connectivity index (χ1) is 7.60. The topological polar surface area (TPSA) is 66.6 Å². The molecule has 1 unspecified atom stereocenters. The Kier molecular flexibility index (Phi) is 4.46. The summed E-state index contributed by atoms with van der Waals surface area (Å²) in [6.07, 6.45) is -0.167. The summed E-state index contributed by atoms with van der Waals surface area (Å²) in [5.41, 5.74) is 7.21. The molecule has 1 atom stereocenters. The van der Waals surface area contributed by atoms with Crippen LogP contribution in [0.1, 0.15) is 12.5 Å². The van der Waals surface area contributed by atoms with Gasteiger partial charge in [-0.15, -0.1) is 0 Å².